The van der Waals surface area contributed by atoms with Crippen molar-refractivity contribution in [2.45, 2.75) is 84.8 Å². The van der Waals surface area contributed by atoms with Gasteiger partial charge >= 0.3 is 0 Å². The smallest absolute Gasteiger partial charge is 0.138 e. The monoisotopic (exact) mass is 254 g/mol. The Morgan fingerprint density at radius 3 is 2.11 bits per heavy atom. The molecule has 0 saturated carbocycles. The normalized spacial score (nSPS) is 31.8. The number of Topliss-reactive ketones (excluding diaryl/α,β-unsaturated/α-hetero) is 1. The molecule has 1 rings (SSSR count). The Labute approximate surface area is 112 Å². The second kappa shape index (κ2) is 7.93. The van der Waals surface area contributed by atoms with Crippen molar-refractivity contribution in [2.75, 3.05) is 0 Å². The molecule has 0 spiro atoms. The first-order valence-electron chi connectivity index (χ1n) is 7.76. The molecule has 4 unspecified atom stereocenters. The van der Waals surface area contributed by atoms with Crippen LogP contribution in [0.3, 0.4) is 0 Å². The van der Waals surface area contributed by atoms with E-state index < -0.39 is 0 Å². The van der Waals surface area contributed by atoms with E-state index >= 15 is 0 Å². The third-order valence-electron chi connectivity index (χ3n) is 4.39. The molecule has 0 aliphatic carbocycles. The Kier molecular flexibility index (Phi) is 6.91. The minimum Gasteiger partial charge on any atom is -0.375 e. The lowest BCUT2D eigenvalue weighted by Gasteiger charge is -2.16. The van der Waals surface area contributed by atoms with Crippen molar-refractivity contribution in [2.24, 2.45) is 11.8 Å². The molecule has 106 valence electrons. The summed E-state index contributed by atoms with van der Waals surface area (Å²) in [5.41, 5.74) is 0. The van der Waals surface area contributed by atoms with Gasteiger partial charge in [-0.2, -0.15) is 0 Å². The summed E-state index contributed by atoms with van der Waals surface area (Å²) in [6, 6.07) is 0. The zero-order chi connectivity index (χ0) is 13.5. The minimum absolute atomic E-state index is 0.114. The van der Waals surface area contributed by atoms with Gasteiger partial charge in [0, 0.05) is 12.3 Å². The van der Waals surface area contributed by atoms with E-state index in [4.69, 9.17) is 4.74 Å². The van der Waals surface area contributed by atoms with Crippen molar-refractivity contribution in [3.05, 3.63) is 0 Å². The fourth-order valence-corrected chi connectivity index (χ4v) is 3.07. The third-order valence-corrected chi connectivity index (χ3v) is 4.39. The Balaban J connectivity index is 2.20. The van der Waals surface area contributed by atoms with Gasteiger partial charge in [-0.15, -0.1) is 0 Å². The molecule has 1 aliphatic rings. The molecular weight excluding hydrogens is 224 g/mol. The van der Waals surface area contributed by atoms with Crippen molar-refractivity contribution in [3.63, 3.8) is 0 Å². The van der Waals surface area contributed by atoms with Crippen molar-refractivity contribution < 1.29 is 9.53 Å². The standard InChI is InChI=1S/C16H30O2/c1-5-6-7-8-9-10-11-15(17)16-12(2)13(3)18-14(16)4/h12-14,16H,5-11H2,1-4H3. The second-order valence-electron chi connectivity index (χ2n) is 5.92. The lowest BCUT2D eigenvalue weighted by Crippen LogP contribution is -2.26. The summed E-state index contributed by atoms with van der Waals surface area (Å²) >= 11 is 0. The van der Waals surface area contributed by atoms with Gasteiger partial charge in [-0.1, -0.05) is 46.0 Å². The lowest BCUT2D eigenvalue weighted by atomic mass is 9.84. The highest BCUT2D eigenvalue weighted by molar-refractivity contribution is 5.82. The summed E-state index contributed by atoms with van der Waals surface area (Å²) < 4.78 is 5.75. The maximum atomic E-state index is 12.2. The van der Waals surface area contributed by atoms with Gasteiger partial charge in [0.25, 0.3) is 0 Å². The topological polar surface area (TPSA) is 26.3 Å². The van der Waals surface area contributed by atoms with E-state index in [9.17, 15) is 4.79 Å². The van der Waals surface area contributed by atoms with Gasteiger partial charge in [0.1, 0.15) is 5.78 Å². The van der Waals surface area contributed by atoms with E-state index in [2.05, 4.69) is 20.8 Å². The fourth-order valence-electron chi connectivity index (χ4n) is 3.07. The van der Waals surface area contributed by atoms with E-state index in [0.717, 1.165) is 12.8 Å². The van der Waals surface area contributed by atoms with E-state index in [-0.39, 0.29) is 18.1 Å². The van der Waals surface area contributed by atoms with E-state index in [1.807, 2.05) is 6.92 Å². The van der Waals surface area contributed by atoms with E-state index in [1.165, 1.54) is 32.1 Å². The summed E-state index contributed by atoms with van der Waals surface area (Å²) in [5.74, 6) is 0.943. The molecule has 0 N–H and O–H groups in total. The van der Waals surface area contributed by atoms with Crippen LogP contribution in [0.25, 0.3) is 0 Å². The molecule has 1 aliphatic heterocycles. The molecule has 0 radical (unpaired) electrons. The third kappa shape index (κ3) is 4.38. The summed E-state index contributed by atoms with van der Waals surface area (Å²) in [7, 11) is 0. The van der Waals surface area contributed by atoms with Gasteiger partial charge in [-0.3, -0.25) is 4.79 Å². The number of hydrogen-bond acceptors (Lipinski definition) is 2. The number of ketones is 1. The average molecular weight is 254 g/mol. The number of ether oxygens (including phenoxy) is 1. The Morgan fingerprint density at radius 1 is 0.944 bits per heavy atom. The number of unbranched alkanes of at least 4 members (excludes halogenated alkanes) is 5. The highest BCUT2D eigenvalue weighted by Gasteiger charge is 2.40. The predicted molar refractivity (Wildman–Crippen MR) is 75.7 cm³/mol. The quantitative estimate of drug-likeness (QED) is 0.601. The molecule has 0 aromatic carbocycles. The van der Waals surface area contributed by atoms with Crippen LogP contribution in [0.15, 0.2) is 0 Å². The van der Waals surface area contributed by atoms with E-state index in [1.54, 1.807) is 0 Å². The molecule has 2 nitrogen and oxygen atoms in total. The summed E-state index contributed by atoms with van der Waals surface area (Å²) in [6.07, 6.45) is 8.58. The zero-order valence-corrected chi connectivity index (χ0v) is 12.6. The van der Waals surface area contributed by atoms with Gasteiger partial charge in [0.05, 0.1) is 12.2 Å². The first kappa shape index (κ1) is 15.7. The largest absolute Gasteiger partial charge is 0.375 e. The molecule has 1 fully saturated rings. The highest BCUT2D eigenvalue weighted by atomic mass is 16.5. The van der Waals surface area contributed by atoms with Crippen molar-refractivity contribution in [1.29, 1.82) is 0 Å². The number of carbonyl (C=O) groups is 1. The molecule has 2 heteroatoms. The molecule has 0 aromatic heterocycles. The van der Waals surface area contributed by atoms with E-state index in [0.29, 0.717) is 11.7 Å². The lowest BCUT2D eigenvalue weighted by molar-refractivity contribution is -0.125. The summed E-state index contributed by atoms with van der Waals surface area (Å²) in [6.45, 7) is 8.51. The molecule has 1 saturated heterocycles. The molecule has 0 bridgehead atoms. The summed E-state index contributed by atoms with van der Waals surface area (Å²) in [5, 5.41) is 0. The van der Waals surface area contributed by atoms with Crippen LogP contribution < -0.4 is 0 Å². The van der Waals surface area contributed by atoms with Crippen LogP contribution in [0.5, 0.6) is 0 Å². The fraction of sp³-hybridized carbons (Fsp3) is 0.938. The van der Waals surface area contributed by atoms with Crippen LogP contribution >= 0.6 is 0 Å². The van der Waals surface area contributed by atoms with Crippen LogP contribution in [0, 0.1) is 11.8 Å². The first-order valence-corrected chi connectivity index (χ1v) is 7.76. The highest BCUT2D eigenvalue weighted by Crippen LogP contribution is 2.33. The first-order chi connectivity index (χ1) is 8.57. The maximum Gasteiger partial charge on any atom is 0.138 e. The Bertz CT molecular complexity index is 249. The molecule has 1 heterocycles. The van der Waals surface area contributed by atoms with Gasteiger partial charge in [0.15, 0.2) is 0 Å². The number of rotatable bonds is 8. The SMILES string of the molecule is CCCCCCCCC(=O)C1C(C)OC(C)C1C. The van der Waals surface area contributed by atoms with Crippen LogP contribution in [-0.2, 0) is 9.53 Å². The predicted octanol–water partition coefficient (Wildman–Crippen LogP) is 4.37. The number of hydrogen-bond donors (Lipinski definition) is 0. The number of carbonyl (C=O) groups excluding carboxylic acids is 1. The minimum atomic E-state index is 0.114. The maximum absolute atomic E-state index is 12.2. The molecule has 0 aromatic rings. The average Bonchev–Trinajstić information content (AvgIpc) is 2.58. The summed E-state index contributed by atoms with van der Waals surface area (Å²) in [4.78, 5) is 12.2. The van der Waals surface area contributed by atoms with Crippen molar-refractivity contribution in [1.82, 2.24) is 0 Å². The molecular formula is C16H30O2. The van der Waals surface area contributed by atoms with Gasteiger partial charge in [-0.25, -0.2) is 0 Å². The Morgan fingerprint density at radius 2 is 1.56 bits per heavy atom. The van der Waals surface area contributed by atoms with Crippen molar-refractivity contribution in [3.8, 4) is 0 Å². The van der Waals surface area contributed by atoms with Gasteiger partial charge < -0.3 is 4.74 Å². The van der Waals surface area contributed by atoms with Crippen LogP contribution in [0.4, 0.5) is 0 Å². The van der Waals surface area contributed by atoms with Crippen LogP contribution in [0.1, 0.15) is 72.6 Å². The van der Waals surface area contributed by atoms with Gasteiger partial charge in [0.2, 0.25) is 0 Å². The molecule has 4 atom stereocenters. The molecule has 0 amide bonds. The van der Waals surface area contributed by atoms with Crippen LogP contribution in [0.2, 0.25) is 0 Å². The van der Waals surface area contributed by atoms with Crippen LogP contribution in [-0.4, -0.2) is 18.0 Å². The second-order valence-corrected chi connectivity index (χ2v) is 5.92. The van der Waals surface area contributed by atoms with Crippen molar-refractivity contribution >= 4 is 5.78 Å². The Hall–Kier alpha value is -0.370. The zero-order valence-electron chi connectivity index (χ0n) is 12.6. The molecule has 18 heavy (non-hydrogen) atoms. The van der Waals surface area contributed by atoms with Gasteiger partial charge in [-0.05, 0) is 26.2 Å².